The maximum absolute atomic E-state index is 8.82. The Bertz CT molecular complexity index is 680. The minimum Gasteiger partial charge on any atom is -0.328 e. The van der Waals surface area contributed by atoms with Crippen molar-refractivity contribution in [1.82, 2.24) is 0 Å². The maximum atomic E-state index is 8.82. The van der Waals surface area contributed by atoms with Crippen molar-refractivity contribution < 1.29 is 0 Å². The number of hydrogen-bond acceptors (Lipinski definition) is 4. The Morgan fingerprint density at radius 1 is 0.667 bits per heavy atom. The van der Waals surface area contributed by atoms with Gasteiger partial charge in [0.2, 0.25) is 0 Å². The molecular weight excluding hydrogens is 260 g/mol. The van der Waals surface area contributed by atoms with Gasteiger partial charge < -0.3 is 9.80 Å². The van der Waals surface area contributed by atoms with Crippen molar-refractivity contribution in [2.75, 3.05) is 16.5 Å². The van der Waals surface area contributed by atoms with Gasteiger partial charge in [0.15, 0.2) is 0 Å². The predicted molar refractivity (Wildman–Crippen MR) is 81.3 cm³/mol. The van der Waals surface area contributed by atoms with Crippen LogP contribution in [0.5, 0.6) is 0 Å². The number of nitriles is 2. The summed E-state index contributed by atoms with van der Waals surface area (Å²) in [6, 6.07) is 19.2. The van der Waals surface area contributed by atoms with E-state index in [1.807, 2.05) is 60.9 Å². The van der Waals surface area contributed by atoms with Gasteiger partial charge in [0.1, 0.15) is 0 Å². The normalized spacial score (nSPS) is 13.0. The molecule has 2 aromatic carbocycles. The third kappa shape index (κ3) is 2.56. The Morgan fingerprint density at radius 2 is 1.05 bits per heavy atom. The molecule has 1 aliphatic rings. The van der Waals surface area contributed by atoms with E-state index in [4.69, 9.17) is 10.5 Å². The molecule has 1 heterocycles. The summed E-state index contributed by atoms with van der Waals surface area (Å²) in [7, 11) is 0. The highest BCUT2D eigenvalue weighted by atomic mass is 15.3. The van der Waals surface area contributed by atoms with E-state index < -0.39 is 0 Å². The Balaban J connectivity index is 1.74. The van der Waals surface area contributed by atoms with Gasteiger partial charge in [-0.15, -0.1) is 0 Å². The van der Waals surface area contributed by atoms with E-state index >= 15 is 0 Å². The second-order valence-electron chi connectivity index (χ2n) is 4.70. The molecule has 0 radical (unpaired) electrons. The number of benzene rings is 2. The maximum Gasteiger partial charge on any atom is 0.0991 e. The third-order valence-corrected chi connectivity index (χ3v) is 3.39. The SMILES string of the molecule is N#Cc1ccc(N2C=CN(c3ccc(C#N)cc3)C2)cc1. The van der Waals surface area contributed by atoms with E-state index in [0.717, 1.165) is 11.4 Å². The molecule has 0 atom stereocenters. The van der Waals surface area contributed by atoms with E-state index in [1.54, 1.807) is 0 Å². The van der Waals surface area contributed by atoms with Crippen LogP contribution in [-0.2, 0) is 0 Å². The first-order valence-corrected chi connectivity index (χ1v) is 6.52. The van der Waals surface area contributed by atoms with Crippen LogP contribution in [0.1, 0.15) is 11.1 Å². The van der Waals surface area contributed by atoms with Crippen molar-refractivity contribution in [2.24, 2.45) is 0 Å². The van der Waals surface area contributed by atoms with Crippen LogP contribution < -0.4 is 9.80 Å². The summed E-state index contributed by atoms with van der Waals surface area (Å²) >= 11 is 0. The van der Waals surface area contributed by atoms with Crippen molar-refractivity contribution >= 4 is 11.4 Å². The number of hydrogen-bond donors (Lipinski definition) is 0. The molecule has 1 aliphatic heterocycles. The highest BCUT2D eigenvalue weighted by molar-refractivity contribution is 5.60. The van der Waals surface area contributed by atoms with Crippen LogP contribution in [0.15, 0.2) is 60.9 Å². The molecule has 0 unspecified atom stereocenters. The number of anilines is 2. The molecular formula is C17H12N4. The van der Waals surface area contributed by atoms with Crippen molar-refractivity contribution in [3.63, 3.8) is 0 Å². The minimum absolute atomic E-state index is 0.658. The molecule has 21 heavy (non-hydrogen) atoms. The van der Waals surface area contributed by atoms with Gasteiger partial charge in [-0.2, -0.15) is 10.5 Å². The quantitative estimate of drug-likeness (QED) is 0.842. The molecule has 0 aromatic heterocycles. The molecule has 0 amide bonds. The van der Waals surface area contributed by atoms with Gasteiger partial charge in [-0.05, 0) is 48.5 Å². The van der Waals surface area contributed by atoms with Gasteiger partial charge in [0, 0.05) is 23.8 Å². The van der Waals surface area contributed by atoms with Crippen molar-refractivity contribution in [1.29, 1.82) is 10.5 Å². The monoisotopic (exact) mass is 272 g/mol. The second-order valence-corrected chi connectivity index (χ2v) is 4.70. The van der Waals surface area contributed by atoms with Gasteiger partial charge >= 0.3 is 0 Å². The zero-order chi connectivity index (χ0) is 14.7. The van der Waals surface area contributed by atoms with Crippen molar-refractivity contribution in [2.45, 2.75) is 0 Å². The van der Waals surface area contributed by atoms with E-state index in [-0.39, 0.29) is 0 Å². The summed E-state index contributed by atoms with van der Waals surface area (Å²) in [5.74, 6) is 0. The van der Waals surface area contributed by atoms with Crippen LogP contribution in [0.25, 0.3) is 0 Å². The summed E-state index contributed by atoms with van der Waals surface area (Å²) in [5, 5.41) is 17.6. The highest BCUT2D eigenvalue weighted by Gasteiger charge is 2.15. The smallest absolute Gasteiger partial charge is 0.0991 e. The second kappa shape index (κ2) is 5.40. The predicted octanol–water partition coefficient (Wildman–Crippen LogP) is 3.19. The summed E-state index contributed by atoms with van der Waals surface area (Å²) in [6.45, 7) is 0.706. The molecule has 3 rings (SSSR count). The lowest BCUT2D eigenvalue weighted by Gasteiger charge is -2.21. The van der Waals surface area contributed by atoms with Gasteiger partial charge in [-0.3, -0.25) is 0 Å². The van der Waals surface area contributed by atoms with Crippen LogP contribution in [0.3, 0.4) is 0 Å². The van der Waals surface area contributed by atoms with Crippen molar-refractivity contribution in [3.8, 4) is 12.1 Å². The zero-order valence-corrected chi connectivity index (χ0v) is 11.3. The average molecular weight is 272 g/mol. The van der Waals surface area contributed by atoms with Crippen LogP contribution in [0, 0.1) is 22.7 Å². The summed E-state index contributed by atoms with van der Waals surface area (Å²) in [6.07, 6.45) is 4.00. The largest absolute Gasteiger partial charge is 0.328 e. The molecule has 4 nitrogen and oxygen atoms in total. The fraction of sp³-hybridized carbons (Fsp3) is 0.0588. The molecule has 0 aliphatic carbocycles. The first kappa shape index (κ1) is 12.8. The van der Waals surface area contributed by atoms with Crippen LogP contribution in [-0.4, -0.2) is 6.67 Å². The van der Waals surface area contributed by atoms with Crippen LogP contribution >= 0.6 is 0 Å². The van der Waals surface area contributed by atoms with Gasteiger partial charge in [0.25, 0.3) is 0 Å². The van der Waals surface area contributed by atoms with Crippen LogP contribution in [0.4, 0.5) is 11.4 Å². The van der Waals surface area contributed by atoms with Gasteiger partial charge in [-0.1, -0.05) is 0 Å². The Labute approximate surface area is 123 Å². The topological polar surface area (TPSA) is 54.1 Å². The molecule has 0 fully saturated rings. The van der Waals surface area contributed by atoms with Crippen molar-refractivity contribution in [3.05, 3.63) is 72.1 Å². The molecule has 2 aromatic rings. The number of rotatable bonds is 2. The van der Waals surface area contributed by atoms with Crippen LogP contribution in [0.2, 0.25) is 0 Å². The summed E-state index contributed by atoms with van der Waals surface area (Å²) < 4.78 is 0. The first-order valence-electron chi connectivity index (χ1n) is 6.52. The lowest BCUT2D eigenvalue weighted by molar-refractivity contribution is 0.975. The average Bonchev–Trinajstić information content (AvgIpc) is 3.05. The fourth-order valence-corrected chi connectivity index (χ4v) is 2.21. The summed E-state index contributed by atoms with van der Waals surface area (Å²) in [4.78, 5) is 4.19. The lowest BCUT2D eigenvalue weighted by Crippen LogP contribution is -2.24. The standard InChI is InChI=1S/C17H12N4/c18-11-14-1-5-16(6-2-14)20-9-10-21(13-20)17-7-3-15(12-19)4-8-17/h1-10H,13H2. The third-order valence-electron chi connectivity index (χ3n) is 3.39. The Kier molecular flexibility index (Phi) is 3.29. The van der Waals surface area contributed by atoms with Gasteiger partial charge in [0.05, 0.1) is 29.9 Å². The fourth-order valence-electron chi connectivity index (χ4n) is 2.21. The minimum atomic E-state index is 0.658. The van der Waals surface area contributed by atoms with E-state index in [1.165, 1.54) is 0 Å². The first-order chi connectivity index (χ1) is 10.3. The molecule has 100 valence electrons. The van der Waals surface area contributed by atoms with Gasteiger partial charge in [-0.25, -0.2) is 0 Å². The Morgan fingerprint density at radius 3 is 1.38 bits per heavy atom. The molecule has 0 N–H and O–H groups in total. The van der Waals surface area contributed by atoms with E-state index in [0.29, 0.717) is 17.8 Å². The molecule has 0 spiro atoms. The highest BCUT2D eigenvalue weighted by Crippen LogP contribution is 2.24. The summed E-state index contributed by atoms with van der Waals surface area (Å²) in [5.41, 5.74) is 3.40. The molecule has 0 saturated heterocycles. The lowest BCUT2D eigenvalue weighted by atomic mass is 10.2. The zero-order valence-electron chi connectivity index (χ0n) is 11.3. The van der Waals surface area contributed by atoms with E-state index in [9.17, 15) is 0 Å². The molecule has 0 saturated carbocycles. The number of nitrogens with zero attached hydrogens (tertiary/aromatic N) is 4. The van der Waals surface area contributed by atoms with E-state index in [2.05, 4.69) is 21.9 Å². The Hall–Kier alpha value is -3.24. The molecule has 0 bridgehead atoms. The molecule has 4 heteroatoms.